The van der Waals surface area contributed by atoms with Gasteiger partial charge in [0, 0.05) is 32.5 Å². The quantitative estimate of drug-likeness (QED) is 0.582. The molecule has 0 atom stereocenters. The van der Waals surface area contributed by atoms with E-state index in [9.17, 15) is 4.79 Å². The van der Waals surface area contributed by atoms with E-state index in [4.69, 9.17) is 0 Å². The van der Waals surface area contributed by atoms with E-state index < -0.39 is 0 Å². The van der Waals surface area contributed by atoms with Crippen molar-refractivity contribution < 1.29 is 4.79 Å². The smallest absolute Gasteiger partial charge is 0.274 e. The minimum atomic E-state index is -0.128. The van der Waals surface area contributed by atoms with Crippen LogP contribution in [0.1, 0.15) is 28.0 Å². The third-order valence-corrected chi connectivity index (χ3v) is 4.51. The molecular formula is C22H25N5O. The predicted octanol–water partition coefficient (Wildman–Crippen LogP) is 3.23. The average Bonchev–Trinajstić information content (AvgIpc) is 2.76. The first-order valence-corrected chi connectivity index (χ1v) is 9.48. The van der Waals surface area contributed by atoms with Crippen molar-refractivity contribution in [2.24, 2.45) is 0 Å². The Kier molecular flexibility index (Phi) is 7.07. The molecule has 0 aliphatic heterocycles. The first kappa shape index (κ1) is 19.5. The highest BCUT2D eigenvalue weighted by molar-refractivity contribution is 5.92. The summed E-state index contributed by atoms with van der Waals surface area (Å²) >= 11 is 0. The third kappa shape index (κ3) is 5.87. The maximum atomic E-state index is 12.5. The van der Waals surface area contributed by atoms with E-state index in [1.807, 2.05) is 18.2 Å². The van der Waals surface area contributed by atoms with Crippen molar-refractivity contribution in [2.45, 2.75) is 19.3 Å². The highest BCUT2D eigenvalue weighted by Crippen LogP contribution is 2.07. The topological polar surface area (TPSA) is 71.0 Å². The van der Waals surface area contributed by atoms with E-state index in [-0.39, 0.29) is 5.91 Å². The Balaban J connectivity index is 1.43. The number of carbonyl (C=O) groups is 1. The first-order chi connectivity index (χ1) is 13.7. The molecule has 2 heterocycles. The number of amides is 1. The lowest BCUT2D eigenvalue weighted by atomic mass is 10.1. The maximum absolute atomic E-state index is 12.5. The molecule has 0 aliphatic rings. The minimum Gasteiger partial charge on any atom is -0.369 e. The van der Waals surface area contributed by atoms with Gasteiger partial charge in [0.05, 0.1) is 0 Å². The van der Waals surface area contributed by atoms with Gasteiger partial charge >= 0.3 is 0 Å². The molecule has 2 aromatic heterocycles. The van der Waals surface area contributed by atoms with Crippen LogP contribution in [0.5, 0.6) is 0 Å². The van der Waals surface area contributed by atoms with Crippen molar-refractivity contribution >= 4 is 11.7 Å². The van der Waals surface area contributed by atoms with Crippen LogP contribution in [0.4, 0.5) is 5.82 Å². The molecule has 0 saturated heterocycles. The van der Waals surface area contributed by atoms with E-state index in [2.05, 4.69) is 44.8 Å². The molecule has 6 heteroatoms. The lowest BCUT2D eigenvalue weighted by molar-refractivity contribution is 0.0789. The number of pyridine rings is 1. The van der Waals surface area contributed by atoms with Crippen LogP contribution < -0.4 is 5.32 Å². The summed E-state index contributed by atoms with van der Waals surface area (Å²) in [6, 6.07) is 17.8. The third-order valence-electron chi connectivity index (χ3n) is 4.51. The first-order valence-electron chi connectivity index (χ1n) is 9.48. The second-order valence-corrected chi connectivity index (χ2v) is 6.65. The van der Waals surface area contributed by atoms with Gasteiger partial charge in [-0.1, -0.05) is 30.3 Å². The van der Waals surface area contributed by atoms with Crippen molar-refractivity contribution in [2.75, 3.05) is 25.5 Å². The van der Waals surface area contributed by atoms with Crippen LogP contribution in [0.25, 0.3) is 0 Å². The van der Waals surface area contributed by atoms with Crippen molar-refractivity contribution in [1.29, 1.82) is 0 Å². The van der Waals surface area contributed by atoms with E-state index in [0.717, 1.165) is 31.4 Å². The Morgan fingerprint density at radius 1 is 0.929 bits per heavy atom. The number of likely N-dealkylation sites (N-methyl/N-ethyl adjacent to an activating group) is 1. The van der Waals surface area contributed by atoms with Crippen LogP contribution in [0, 0.1) is 0 Å². The van der Waals surface area contributed by atoms with Crippen molar-refractivity contribution in [3.8, 4) is 0 Å². The molecule has 0 unspecified atom stereocenters. The maximum Gasteiger partial charge on any atom is 0.274 e. The number of anilines is 1. The number of aromatic nitrogens is 3. The molecule has 3 rings (SSSR count). The molecule has 0 aliphatic carbocycles. The van der Waals surface area contributed by atoms with Gasteiger partial charge < -0.3 is 10.2 Å². The Morgan fingerprint density at radius 3 is 2.39 bits per heavy atom. The van der Waals surface area contributed by atoms with Gasteiger partial charge in [-0.25, -0.2) is 0 Å². The molecular weight excluding hydrogens is 350 g/mol. The van der Waals surface area contributed by atoms with Crippen LogP contribution in [0.2, 0.25) is 0 Å². The number of nitrogens with zero attached hydrogens (tertiary/aromatic N) is 4. The number of aryl methyl sites for hydroxylation is 1. The number of rotatable bonds is 9. The van der Waals surface area contributed by atoms with E-state index in [1.165, 1.54) is 5.56 Å². The summed E-state index contributed by atoms with van der Waals surface area (Å²) in [5, 5.41) is 11.5. The van der Waals surface area contributed by atoms with Crippen molar-refractivity contribution in [3.05, 3.63) is 83.8 Å². The van der Waals surface area contributed by atoms with E-state index in [0.29, 0.717) is 18.1 Å². The van der Waals surface area contributed by atoms with Gasteiger partial charge in [0.15, 0.2) is 5.69 Å². The van der Waals surface area contributed by atoms with Gasteiger partial charge in [0.2, 0.25) is 0 Å². The minimum absolute atomic E-state index is 0.128. The Bertz CT molecular complexity index is 853. The number of nitrogens with one attached hydrogen (secondary N) is 1. The fourth-order valence-electron chi connectivity index (χ4n) is 2.84. The number of hydrogen-bond donors (Lipinski definition) is 1. The number of hydrogen-bond acceptors (Lipinski definition) is 5. The summed E-state index contributed by atoms with van der Waals surface area (Å²) in [5.41, 5.74) is 2.83. The largest absolute Gasteiger partial charge is 0.369 e. The summed E-state index contributed by atoms with van der Waals surface area (Å²) in [6.45, 7) is 1.42. The Labute approximate surface area is 165 Å². The van der Waals surface area contributed by atoms with Crippen LogP contribution in [0.15, 0.2) is 67.0 Å². The summed E-state index contributed by atoms with van der Waals surface area (Å²) in [5.74, 6) is 0.557. The van der Waals surface area contributed by atoms with Crippen LogP contribution in [0.3, 0.4) is 0 Å². The Hall–Kier alpha value is -3.28. The molecule has 1 amide bonds. The fraction of sp³-hybridized carbons (Fsp3) is 0.273. The molecule has 0 radical (unpaired) electrons. The molecule has 28 heavy (non-hydrogen) atoms. The van der Waals surface area contributed by atoms with Crippen LogP contribution in [-0.2, 0) is 12.8 Å². The van der Waals surface area contributed by atoms with Gasteiger partial charge in [-0.15, -0.1) is 10.2 Å². The van der Waals surface area contributed by atoms with Crippen molar-refractivity contribution in [1.82, 2.24) is 20.1 Å². The van der Waals surface area contributed by atoms with E-state index >= 15 is 0 Å². The zero-order valence-corrected chi connectivity index (χ0v) is 16.1. The van der Waals surface area contributed by atoms with Gasteiger partial charge in [-0.2, -0.15) is 0 Å². The second kappa shape index (κ2) is 10.2. The van der Waals surface area contributed by atoms with Crippen molar-refractivity contribution in [3.63, 3.8) is 0 Å². The molecule has 0 saturated carbocycles. The zero-order chi connectivity index (χ0) is 19.6. The Morgan fingerprint density at radius 2 is 1.68 bits per heavy atom. The highest BCUT2D eigenvalue weighted by atomic mass is 16.2. The van der Waals surface area contributed by atoms with Crippen LogP contribution >= 0.6 is 0 Å². The van der Waals surface area contributed by atoms with Crippen LogP contribution in [-0.4, -0.2) is 46.1 Å². The van der Waals surface area contributed by atoms with Gasteiger partial charge in [0.1, 0.15) is 5.82 Å². The molecule has 0 bridgehead atoms. The molecule has 1 aromatic carbocycles. The summed E-state index contributed by atoms with van der Waals surface area (Å²) in [4.78, 5) is 18.1. The SMILES string of the molecule is CN(CCc1ccncc1)C(=O)c1ccc(NCCCc2ccccc2)nn1. The van der Waals surface area contributed by atoms with Gasteiger partial charge in [-0.3, -0.25) is 9.78 Å². The molecule has 0 fully saturated rings. The second-order valence-electron chi connectivity index (χ2n) is 6.65. The number of carbonyl (C=O) groups excluding carboxylic acids is 1. The van der Waals surface area contributed by atoms with Gasteiger partial charge in [-0.05, 0) is 54.7 Å². The monoisotopic (exact) mass is 375 g/mol. The molecule has 3 aromatic rings. The standard InChI is InChI=1S/C22H25N5O/c1-27(17-13-19-11-15-23-16-12-19)22(28)20-9-10-21(26-25-20)24-14-5-8-18-6-3-2-4-7-18/h2-4,6-7,9-12,15-16H,5,8,13-14,17H2,1H3,(H,24,26). The summed E-state index contributed by atoms with van der Waals surface area (Å²) < 4.78 is 0. The van der Waals surface area contributed by atoms with E-state index in [1.54, 1.807) is 36.5 Å². The highest BCUT2D eigenvalue weighted by Gasteiger charge is 2.13. The average molecular weight is 375 g/mol. The molecule has 144 valence electrons. The normalized spacial score (nSPS) is 10.5. The zero-order valence-electron chi connectivity index (χ0n) is 16.1. The lowest BCUT2D eigenvalue weighted by Gasteiger charge is -2.16. The fourth-order valence-corrected chi connectivity index (χ4v) is 2.84. The van der Waals surface area contributed by atoms with Gasteiger partial charge in [0.25, 0.3) is 5.91 Å². The number of benzene rings is 1. The summed E-state index contributed by atoms with van der Waals surface area (Å²) in [7, 11) is 1.78. The molecule has 1 N–H and O–H groups in total. The molecule has 0 spiro atoms. The summed E-state index contributed by atoms with van der Waals surface area (Å²) in [6.07, 6.45) is 6.31. The molecule has 6 nitrogen and oxygen atoms in total. The lowest BCUT2D eigenvalue weighted by Crippen LogP contribution is -2.29. The predicted molar refractivity (Wildman–Crippen MR) is 110 cm³/mol.